The molecule has 3 aliphatic rings. The molecule has 1 atom stereocenters. The molecule has 1 saturated carbocycles. The van der Waals surface area contributed by atoms with Gasteiger partial charge in [0, 0.05) is 24.0 Å². The molecular weight excluding hydrogens is 430 g/mol. The van der Waals surface area contributed by atoms with E-state index in [0.29, 0.717) is 30.5 Å². The molecule has 0 radical (unpaired) electrons. The first-order valence-electron chi connectivity index (χ1n) is 10.9. The fourth-order valence-corrected chi connectivity index (χ4v) is 4.90. The first kappa shape index (κ1) is 20.7. The Morgan fingerprint density at radius 1 is 1.25 bits per heavy atom. The molecule has 32 heavy (non-hydrogen) atoms. The summed E-state index contributed by atoms with van der Waals surface area (Å²) in [6, 6.07) is 4.74. The maximum absolute atomic E-state index is 12.4. The second-order valence-electron chi connectivity index (χ2n) is 8.39. The molecule has 0 bridgehead atoms. The number of nitrogens with one attached hydrogen (secondary N) is 3. The Labute approximate surface area is 189 Å². The number of thiazole rings is 1. The number of hydrogen-bond acceptors (Lipinski definition) is 6. The van der Waals surface area contributed by atoms with Gasteiger partial charge in [-0.3, -0.25) is 14.9 Å². The van der Waals surface area contributed by atoms with Crippen molar-refractivity contribution < 1.29 is 19.1 Å². The molecule has 2 aromatic rings. The molecule has 10 heteroatoms. The molecule has 1 aliphatic carbocycles. The van der Waals surface area contributed by atoms with Crippen molar-refractivity contribution in [3.8, 4) is 16.3 Å². The number of piperidine rings is 1. The van der Waals surface area contributed by atoms with E-state index in [0.717, 1.165) is 29.2 Å². The number of carbonyl (C=O) groups is 3. The van der Waals surface area contributed by atoms with E-state index < -0.39 is 12.1 Å². The van der Waals surface area contributed by atoms with Crippen molar-refractivity contribution in [2.45, 2.75) is 38.1 Å². The average molecular weight is 456 g/mol. The highest BCUT2D eigenvalue weighted by atomic mass is 32.1. The van der Waals surface area contributed by atoms with E-state index >= 15 is 0 Å². The van der Waals surface area contributed by atoms with Gasteiger partial charge in [-0.25, -0.2) is 9.78 Å². The monoisotopic (exact) mass is 455 g/mol. The van der Waals surface area contributed by atoms with Crippen LogP contribution in [0.2, 0.25) is 0 Å². The van der Waals surface area contributed by atoms with Gasteiger partial charge in [0.2, 0.25) is 5.91 Å². The second kappa shape index (κ2) is 8.78. The summed E-state index contributed by atoms with van der Waals surface area (Å²) >= 11 is 1.40. The van der Waals surface area contributed by atoms with Crippen LogP contribution >= 0.6 is 11.3 Å². The van der Waals surface area contributed by atoms with Crippen LogP contribution in [0.3, 0.4) is 0 Å². The number of ether oxygens (including phenoxy) is 1. The van der Waals surface area contributed by atoms with Crippen LogP contribution in [0.1, 0.15) is 32.1 Å². The van der Waals surface area contributed by atoms with Crippen LogP contribution in [0.5, 0.6) is 5.75 Å². The molecule has 3 heterocycles. The first-order chi connectivity index (χ1) is 15.6. The minimum Gasteiger partial charge on any atom is -0.482 e. The molecule has 9 nitrogen and oxygen atoms in total. The minimum absolute atomic E-state index is 0.00413. The molecule has 3 N–H and O–H groups in total. The van der Waals surface area contributed by atoms with Crippen molar-refractivity contribution in [2.24, 2.45) is 5.92 Å². The molecule has 2 fully saturated rings. The molecule has 1 saturated heterocycles. The lowest BCUT2D eigenvalue weighted by Crippen LogP contribution is -2.51. The average Bonchev–Trinajstić information content (AvgIpc) is 3.21. The van der Waals surface area contributed by atoms with E-state index in [1.807, 2.05) is 23.1 Å². The van der Waals surface area contributed by atoms with Gasteiger partial charge in [-0.1, -0.05) is 6.42 Å². The largest absolute Gasteiger partial charge is 0.482 e. The van der Waals surface area contributed by atoms with E-state index in [1.54, 1.807) is 5.38 Å². The smallest absolute Gasteiger partial charge is 0.321 e. The third kappa shape index (κ3) is 4.27. The predicted octanol–water partition coefficient (Wildman–Crippen LogP) is 2.74. The molecule has 168 valence electrons. The Balaban J connectivity index is 1.26. The Bertz CT molecular complexity index is 1050. The summed E-state index contributed by atoms with van der Waals surface area (Å²) in [5.41, 5.74) is 1.66. The lowest BCUT2D eigenvalue weighted by molar-refractivity contribution is -0.124. The fourth-order valence-electron chi connectivity index (χ4n) is 4.16. The zero-order chi connectivity index (χ0) is 22.1. The summed E-state index contributed by atoms with van der Waals surface area (Å²) < 4.78 is 5.70. The van der Waals surface area contributed by atoms with Crippen LogP contribution in [-0.2, 0) is 9.59 Å². The summed E-state index contributed by atoms with van der Waals surface area (Å²) in [7, 11) is 0. The third-order valence-corrected chi connectivity index (χ3v) is 7.04. The van der Waals surface area contributed by atoms with Crippen LogP contribution in [0, 0.1) is 5.92 Å². The van der Waals surface area contributed by atoms with E-state index in [-0.39, 0.29) is 18.4 Å². The maximum Gasteiger partial charge on any atom is 0.321 e. The number of hydrogen-bond donors (Lipinski definition) is 3. The number of carbonyl (C=O) groups excluding carboxylic acids is 3. The maximum atomic E-state index is 12.4. The highest BCUT2D eigenvalue weighted by molar-refractivity contribution is 7.13. The van der Waals surface area contributed by atoms with Crippen molar-refractivity contribution in [2.75, 3.05) is 29.9 Å². The van der Waals surface area contributed by atoms with Crippen LogP contribution in [0.15, 0.2) is 23.6 Å². The van der Waals surface area contributed by atoms with Crippen LogP contribution < -0.4 is 25.6 Å². The molecule has 0 spiro atoms. The molecule has 1 aromatic carbocycles. The lowest BCUT2D eigenvalue weighted by atomic mass is 9.85. The number of anilines is 2. The number of benzene rings is 1. The van der Waals surface area contributed by atoms with Gasteiger partial charge in [0.1, 0.15) is 22.6 Å². The standard InChI is InChI=1S/C22H25N5O4S/c28-19-11-31-17-9-14(6-7-16(17)27(19)10-13-3-1-4-13)21-25-18(12-32-21)26-22(30)24-15-5-2-8-23-20(15)29/h6-7,9,12-13,15H,1-5,8,10-11H2,(H,23,29)(H2,24,26,30)/t15-/m0/s1. The highest BCUT2D eigenvalue weighted by Gasteiger charge is 2.30. The number of rotatable bonds is 5. The summed E-state index contributed by atoms with van der Waals surface area (Å²) in [5.74, 6) is 1.49. The topological polar surface area (TPSA) is 113 Å². The number of nitrogens with zero attached hydrogens (tertiary/aromatic N) is 2. The minimum atomic E-state index is -0.523. The predicted molar refractivity (Wildman–Crippen MR) is 121 cm³/mol. The van der Waals surface area contributed by atoms with Gasteiger partial charge in [0.15, 0.2) is 6.61 Å². The SMILES string of the molecule is O=C(Nc1csc(-c2ccc3c(c2)OCC(=O)N3CC2CCC2)n1)N[C@H]1CCCNC1=O. The molecule has 2 aliphatic heterocycles. The van der Waals surface area contributed by atoms with Gasteiger partial charge in [0.05, 0.1) is 5.69 Å². The van der Waals surface area contributed by atoms with Crippen LogP contribution in [0.4, 0.5) is 16.3 Å². The molecule has 5 rings (SSSR count). The summed E-state index contributed by atoms with van der Waals surface area (Å²) in [6.45, 7) is 1.43. The number of fused-ring (bicyclic) bond motifs is 1. The van der Waals surface area contributed by atoms with Gasteiger partial charge in [0.25, 0.3) is 5.91 Å². The zero-order valence-electron chi connectivity index (χ0n) is 17.6. The quantitative estimate of drug-likeness (QED) is 0.642. The number of amides is 4. The Morgan fingerprint density at radius 2 is 2.12 bits per heavy atom. The first-order valence-corrected chi connectivity index (χ1v) is 11.8. The van der Waals surface area contributed by atoms with Crippen molar-refractivity contribution in [3.05, 3.63) is 23.6 Å². The Hall–Kier alpha value is -3.14. The fraction of sp³-hybridized carbons (Fsp3) is 0.455. The lowest BCUT2D eigenvalue weighted by Gasteiger charge is -2.35. The van der Waals surface area contributed by atoms with Gasteiger partial charge < -0.3 is 20.3 Å². The van der Waals surface area contributed by atoms with Gasteiger partial charge in [-0.05, 0) is 49.8 Å². The highest BCUT2D eigenvalue weighted by Crippen LogP contribution is 2.39. The summed E-state index contributed by atoms with van der Waals surface area (Å²) in [5, 5.41) is 10.6. The van der Waals surface area contributed by atoms with E-state index in [4.69, 9.17) is 4.74 Å². The third-order valence-electron chi connectivity index (χ3n) is 6.15. The van der Waals surface area contributed by atoms with E-state index in [9.17, 15) is 14.4 Å². The van der Waals surface area contributed by atoms with Crippen molar-refractivity contribution in [1.29, 1.82) is 0 Å². The Morgan fingerprint density at radius 3 is 2.91 bits per heavy atom. The summed E-state index contributed by atoms with van der Waals surface area (Å²) in [6.07, 6.45) is 5.04. The van der Waals surface area contributed by atoms with Crippen LogP contribution in [-0.4, -0.2) is 48.6 Å². The van der Waals surface area contributed by atoms with Crippen molar-refractivity contribution in [1.82, 2.24) is 15.6 Å². The van der Waals surface area contributed by atoms with E-state index in [1.165, 1.54) is 30.6 Å². The van der Waals surface area contributed by atoms with Crippen molar-refractivity contribution >= 4 is 40.7 Å². The number of aromatic nitrogens is 1. The molecular formula is C22H25N5O4S. The molecule has 4 amide bonds. The normalized spacial score (nSPS) is 20.6. The summed E-state index contributed by atoms with van der Waals surface area (Å²) in [4.78, 5) is 42.8. The van der Waals surface area contributed by atoms with E-state index in [2.05, 4.69) is 20.9 Å². The van der Waals surface area contributed by atoms with Crippen molar-refractivity contribution in [3.63, 3.8) is 0 Å². The van der Waals surface area contributed by atoms with Gasteiger partial charge >= 0.3 is 6.03 Å². The second-order valence-corrected chi connectivity index (χ2v) is 9.25. The Kier molecular flexibility index (Phi) is 5.69. The molecule has 1 aromatic heterocycles. The van der Waals surface area contributed by atoms with Gasteiger partial charge in [-0.15, -0.1) is 11.3 Å². The zero-order valence-corrected chi connectivity index (χ0v) is 18.4. The molecule has 0 unspecified atom stereocenters. The van der Waals surface area contributed by atoms with Gasteiger partial charge in [-0.2, -0.15) is 0 Å². The van der Waals surface area contributed by atoms with Crippen LogP contribution in [0.25, 0.3) is 10.6 Å². The number of urea groups is 1.